The summed E-state index contributed by atoms with van der Waals surface area (Å²) in [6.07, 6.45) is 4.11. The Morgan fingerprint density at radius 1 is 0.569 bits per heavy atom. The van der Waals surface area contributed by atoms with Crippen LogP contribution in [0.25, 0.3) is 94.0 Å². The van der Waals surface area contributed by atoms with Gasteiger partial charge in [0.15, 0.2) is 5.65 Å². The highest BCUT2D eigenvalue weighted by Gasteiger charge is 2.35. The molecule has 0 unspecified atom stereocenters. The van der Waals surface area contributed by atoms with Crippen molar-refractivity contribution in [2.75, 3.05) is 0 Å². The van der Waals surface area contributed by atoms with Crippen LogP contribution in [0.1, 0.15) is 25.0 Å². The number of hydrogen-bond acceptors (Lipinski definition) is 3. The van der Waals surface area contributed by atoms with Gasteiger partial charge in [0.25, 0.3) is 0 Å². The van der Waals surface area contributed by atoms with Crippen LogP contribution in [0.3, 0.4) is 0 Å². The normalized spacial score (nSPS) is 13.5. The Morgan fingerprint density at radius 3 is 2.24 bits per heavy atom. The van der Waals surface area contributed by atoms with Crippen LogP contribution in [0.5, 0.6) is 0 Å². The number of rotatable bonds is 3. The molecule has 1 aliphatic carbocycles. The number of imidazole rings is 1. The predicted octanol–water partition coefficient (Wildman–Crippen LogP) is 12.2. The van der Waals surface area contributed by atoms with Gasteiger partial charge < -0.3 is 4.42 Å². The van der Waals surface area contributed by atoms with E-state index in [1.54, 1.807) is 0 Å². The molecule has 0 amide bonds. The van der Waals surface area contributed by atoms with Gasteiger partial charge in [-0.25, -0.2) is 9.97 Å². The van der Waals surface area contributed by atoms with Gasteiger partial charge in [0, 0.05) is 39.1 Å². The quantitative estimate of drug-likeness (QED) is 0.191. The smallest absolute Gasteiger partial charge is 0.164 e. The van der Waals surface area contributed by atoms with Crippen LogP contribution in [-0.4, -0.2) is 14.4 Å². The van der Waals surface area contributed by atoms with Crippen molar-refractivity contribution in [2.24, 2.45) is 0 Å². The van der Waals surface area contributed by atoms with Crippen molar-refractivity contribution in [3.05, 3.63) is 163 Å². The molecule has 0 fully saturated rings. The molecule has 3 heterocycles. The molecule has 4 nitrogen and oxygen atoms in total. The van der Waals surface area contributed by atoms with E-state index in [0.717, 1.165) is 61.4 Å². The van der Waals surface area contributed by atoms with Crippen LogP contribution in [0.4, 0.5) is 0 Å². The summed E-state index contributed by atoms with van der Waals surface area (Å²) in [5, 5.41) is 7.06. The molecular formula is C47H31N3O. The molecule has 4 heteroatoms. The second kappa shape index (κ2) is 10.3. The molecule has 0 radical (unpaired) electrons. The Kier molecular flexibility index (Phi) is 5.70. The number of fused-ring (bicyclic) bond motifs is 10. The van der Waals surface area contributed by atoms with Crippen molar-refractivity contribution in [1.82, 2.24) is 14.4 Å². The van der Waals surface area contributed by atoms with Gasteiger partial charge in [-0.2, -0.15) is 0 Å². The summed E-state index contributed by atoms with van der Waals surface area (Å²) in [5.41, 5.74) is 13.6. The van der Waals surface area contributed by atoms with Crippen LogP contribution in [0, 0.1) is 0 Å². The highest BCUT2D eigenvalue weighted by Crippen LogP contribution is 2.49. The van der Waals surface area contributed by atoms with Crippen molar-refractivity contribution in [1.29, 1.82) is 0 Å². The molecule has 3 aromatic heterocycles. The maximum atomic E-state index is 6.50. The Morgan fingerprint density at radius 2 is 1.31 bits per heavy atom. The Hall–Kier alpha value is -6.52. The topological polar surface area (TPSA) is 43.3 Å². The maximum absolute atomic E-state index is 6.50. The van der Waals surface area contributed by atoms with Crippen LogP contribution < -0.4 is 0 Å². The first-order chi connectivity index (χ1) is 25.0. The standard InChI is InChI=1S/C47H31N3O/c1-47(2)38-14-8-7-13-35(38)36-20-18-33(24-39(36)47)45-46-48-26-41(32-16-15-28-9-3-4-11-30(28)23-32)50(46)27-40(49-45)31-17-21-37-43(25-31)51-42-22-19-29-10-5-6-12-34(29)44(37)42/h3-27H,1-2H3. The Balaban J connectivity index is 1.14. The van der Waals surface area contributed by atoms with Crippen molar-refractivity contribution in [3.63, 3.8) is 0 Å². The minimum Gasteiger partial charge on any atom is -0.456 e. The fraction of sp³-hybridized carbons (Fsp3) is 0.0638. The first-order valence-electron chi connectivity index (χ1n) is 17.5. The summed E-state index contributed by atoms with van der Waals surface area (Å²) in [4.78, 5) is 10.5. The lowest BCUT2D eigenvalue weighted by Crippen LogP contribution is -2.15. The summed E-state index contributed by atoms with van der Waals surface area (Å²) in [7, 11) is 0. The van der Waals surface area contributed by atoms with Crippen LogP contribution in [0.15, 0.2) is 156 Å². The summed E-state index contributed by atoms with van der Waals surface area (Å²) in [6, 6.07) is 49.9. The van der Waals surface area contributed by atoms with Gasteiger partial charge in [-0.15, -0.1) is 0 Å². The first-order valence-corrected chi connectivity index (χ1v) is 17.5. The number of nitrogens with zero attached hydrogens (tertiary/aromatic N) is 3. The molecule has 10 aromatic rings. The predicted molar refractivity (Wildman–Crippen MR) is 209 cm³/mol. The second-order valence-corrected chi connectivity index (χ2v) is 14.3. The van der Waals surface area contributed by atoms with Gasteiger partial charge in [-0.3, -0.25) is 4.40 Å². The summed E-state index contributed by atoms with van der Waals surface area (Å²) in [5.74, 6) is 0. The molecule has 0 spiro atoms. The van der Waals surface area contributed by atoms with Gasteiger partial charge in [0.05, 0.1) is 17.6 Å². The number of benzene rings is 7. The first kappa shape index (κ1) is 28.3. The zero-order chi connectivity index (χ0) is 33.8. The summed E-state index contributed by atoms with van der Waals surface area (Å²) < 4.78 is 8.71. The van der Waals surface area contributed by atoms with E-state index in [-0.39, 0.29) is 5.41 Å². The molecule has 0 bridgehead atoms. The Bertz CT molecular complexity index is 3070. The molecule has 0 saturated heterocycles. The molecule has 240 valence electrons. The SMILES string of the molecule is CC1(C)c2ccccc2-c2ccc(-c3nc(-c4ccc5c(c4)oc4ccc6ccccc6c45)cn4c(-c5ccc6ccccc6c5)cnc34)cc21. The average molecular weight is 654 g/mol. The van der Waals surface area contributed by atoms with E-state index in [1.165, 1.54) is 43.8 Å². The van der Waals surface area contributed by atoms with Crippen molar-refractivity contribution >= 4 is 49.1 Å². The lowest BCUT2D eigenvalue weighted by molar-refractivity contribution is 0.660. The summed E-state index contributed by atoms with van der Waals surface area (Å²) in [6.45, 7) is 4.64. The molecule has 51 heavy (non-hydrogen) atoms. The van der Waals surface area contributed by atoms with Crippen molar-refractivity contribution in [2.45, 2.75) is 19.3 Å². The molecule has 11 rings (SSSR count). The van der Waals surface area contributed by atoms with E-state index in [9.17, 15) is 0 Å². The van der Waals surface area contributed by atoms with Gasteiger partial charge >= 0.3 is 0 Å². The van der Waals surface area contributed by atoms with Gasteiger partial charge in [-0.05, 0) is 74.1 Å². The average Bonchev–Trinajstić information content (AvgIpc) is 3.84. The number of aromatic nitrogens is 3. The fourth-order valence-electron chi connectivity index (χ4n) is 8.44. The van der Waals surface area contributed by atoms with E-state index in [0.29, 0.717) is 0 Å². The Labute approximate surface area is 294 Å². The molecule has 1 aliphatic rings. The van der Waals surface area contributed by atoms with Crippen LogP contribution in [-0.2, 0) is 5.41 Å². The third-order valence-electron chi connectivity index (χ3n) is 11.1. The van der Waals surface area contributed by atoms with E-state index >= 15 is 0 Å². The van der Waals surface area contributed by atoms with Crippen molar-refractivity contribution in [3.8, 4) is 44.9 Å². The highest BCUT2D eigenvalue weighted by atomic mass is 16.3. The lowest BCUT2D eigenvalue weighted by Gasteiger charge is -2.22. The van der Waals surface area contributed by atoms with Crippen LogP contribution in [0.2, 0.25) is 0 Å². The second-order valence-electron chi connectivity index (χ2n) is 14.3. The lowest BCUT2D eigenvalue weighted by atomic mass is 9.82. The van der Waals surface area contributed by atoms with E-state index in [1.807, 2.05) is 6.20 Å². The van der Waals surface area contributed by atoms with E-state index < -0.39 is 0 Å². The minimum absolute atomic E-state index is 0.127. The zero-order valence-corrected chi connectivity index (χ0v) is 28.2. The molecule has 0 N–H and O–H groups in total. The molecule has 7 aromatic carbocycles. The molecule has 0 atom stereocenters. The third kappa shape index (κ3) is 4.08. The third-order valence-corrected chi connectivity index (χ3v) is 11.1. The molecule has 0 aliphatic heterocycles. The van der Waals surface area contributed by atoms with E-state index in [2.05, 4.69) is 164 Å². The van der Waals surface area contributed by atoms with Gasteiger partial charge in [0.2, 0.25) is 0 Å². The van der Waals surface area contributed by atoms with Gasteiger partial charge in [-0.1, -0.05) is 123 Å². The fourth-order valence-corrected chi connectivity index (χ4v) is 8.44. The minimum atomic E-state index is -0.127. The van der Waals surface area contributed by atoms with Gasteiger partial charge in [0.1, 0.15) is 16.9 Å². The zero-order valence-electron chi connectivity index (χ0n) is 28.2. The number of hydrogen-bond donors (Lipinski definition) is 0. The highest BCUT2D eigenvalue weighted by molar-refractivity contribution is 6.19. The van der Waals surface area contributed by atoms with E-state index in [4.69, 9.17) is 14.4 Å². The monoisotopic (exact) mass is 653 g/mol. The maximum Gasteiger partial charge on any atom is 0.164 e. The van der Waals surface area contributed by atoms with Crippen molar-refractivity contribution < 1.29 is 4.42 Å². The van der Waals surface area contributed by atoms with Crippen LogP contribution >= 0.6 is 0 Å². The summed E-state index contributed by atoms with van der Waals surface area (Å²) >= 11 is 0. The molecule has 0 saturated carbocycles. The largest absolute Gasteiger partial charge is 0.456 e. The molecular weight excluding hydrogens is 623 g/mol. The number of furan rings is 1.